The van der Waals surface area contributed by atoms with E-state index in [0.717, 1.165) is 36.9 Å². The van der Waals surface area contributed by atoms with E-state index < -0.39 is 0 Å². The fourth-order valence-corrected chi connectivity index (χ4v) is 2.06. The van der Waals surface area contributed by atoms with E-state index >= 15 is 0 Å². The average Bonchev–Trinajstić information content (AvgIpc) is 3.12. The third-order valence-electron chi connectivity index (χ3n) is 3.02. The van der Waals surface area contributed by atoms with Crippen molar-refractivity contribution >= 4 is 17.4 Å². The van der Waals surface area contributed by atoms with Gasteiger partial charge in [0.05, 0.1) is 0 Å². The summed E-state index contributed by atoms with van der Waals surface area (Å²) >= 11 is 6.00. The van der Waals surface area contributed by atoms with Crippen LogP contribution in [0, 0.1) is 0 Å². The van der Waals surface area contributed by atoms with Crippen LogP contribution in [0.25, 0.3) is 0 Å². The molecule has 0 amide bonds. The molecule has 2 aromatic heterocycles. The minimum atomic E-state index is 0.508. The van der Waals surface area contributed by atoms with Gasteiger partial charge in [0.1, 0.15) is 28.9 Å². The maximum absolute atomic E-state index is 6.00. The molecule has 19 heavy (non-hydrogen) atoms. The van der Waals surface area contributed by atoms with Crippen LogP contribution in [0.15, 0.2) is 12.4 Å². The molecule has 0 bridgehead atoms. The number of halogens is 1. The summed E-state index contributed by atoms with van der Waals surface area (Å²) in [5.74, 6) is 3.08. The Morgan fingerprint density at radius 1 is 1.37 bits per heavy atom. The number of hydrogen-bond donors (Lipinski definition) is 2. The van der Waals surface area contributed by atoms with Crippen LogP contribution in [0.2, 0.25) is 5.15 Å². The highest BCUT2D eigenvalue weighted by Crippen LogP contribution is 2.38. The third-order valence-corrected chi connectivity index (χ3v) is 3.21. The second-order valence-electron chi connectivity index (χ2n) is 4.67. The smallest absolute Gasteiger partial charge is 0.137 e. The van der Waals surface area contributed by atoms with Crippen LogP contribution in [-0.2, 0) is 6.42 Å². The highest BCUT2D eigenvalue weighted by Gasteiger charge is 2.27. The van der Waals surface area contributed by atoms with E-state index in [-0.39, 0.29) is 0 Å². The molecule has 1 aliphatic rings. The van der Waals surface area contributed by atoms with Crippen molar-refractivity contribution in [3.8, 4) is 0 Å². The van der Waals surface area contributed by atoms with Crippen molar-refractivity contribution in [2.75, 3.05) is 11.9 Å². The first kappa shape index (κ1) is 12.3. The molecule has 2 N–H and O–H groups in total. The quantitative estimate of drug-likeness (QED) is 0.625. The second-order valence-corrected chi connectivity index (χ2v) is 5.06. The van der Waals surface area contributed by atoms with Gasteiger partial charge in [0, 0.05) is 24.9 Å². The van der Waals surface area contributed by atoms with Gasteiger partial charge in [-0.15, -0.1) is 0 Å². The molecule has 2 aromatic rings. The fraction of sp³-hybridized carbons (Fsp3) is 0.500. The van der Waals surface area contributed by atoms with Crippen molar-refractivity contribution in [2.45, 2.75) is 31.6 Å². The molecule has 1 saturated carbocycles. The topological polar surface area (TPSA) is 79.4 Å². The Morgan fingerprint density at radius 2 is 2.26 bits per heavy atom. The number of H-pyrrole nitrogens is 1. The Labute approximate surface area is 116 Å². The number of aryl methyl sites for hydroxylation is 1. The summed E-state index contributed by atoms with van der Waals surface area (Å²) in [7, 11) is 0. The van der Waals surface area contributed by atoms with Crippen LogP contribution in [0.4, 0.5) is 5.82 Å². The highest BCUT2D eigenvalue weighted by molar-refractivity contribution is 6.29. The molecule has 2 heterocycles. The SMILES string of the molecule is Clc1cc(NCCCc2ncn[nH]2)nc(C2CC2)n1. The van der Waals surface area contributed by atoms with E-state index in [0.29, 0.717) is 11.1 Å². The fourth-order valence-electron chi connectivity index (χ4n) is 1.87. The number of rotatable bonds is 6. The zero-order valence-corrected chi connectivity index (χ0v) is 11.2. The first-order chi connectivity index (χ1) is 9.31. The van der Waals surface area contributed by atoms with Crippen LogP contribution < -0.4 is 5.32 Å². The monoisotopic (exact) mass is 278 g/mol. The predicted octanol–water partition coefficient (Wildman–Crippen LogP) is 2.17. The normalized spacial score (nSPS) is 14.6. The first-order valence-electron chi connectivity index (χ1n) is 6.44. The third kappa shape index (κ3) is 3.41. The van der Waals surface area contributed by atoms with Crippen molar-refractivity contribution in [1.29, 1.82) is 0 Å². The number of anilines is 1. The van der Waals surface area contributed by atoms with Gasteiger partial charge in [-0.1, -0.05) is 11.6 Å². The summed E-state index contributed by atoms with van der Waals surface area (Å²) in [6.45, 7) is 0.818. The number of aromatic nitrogens is 5. The van der Waals surface area contributed by atoms with Crippen molar-refractivity contribution in [3.63, 3.8) is 0 Å². The standard InChI is InChI=1S/C12H15ClN6/c13-9-6-11(18-12(17-9)8-3-4-8)14-5-1-2-10-15-7-16-19-10/h6-8H,1-5H2,(H,14,17,18)(H,15,16,19). The summed E-state index contributed by atoms with van der Waals surface area (Å²) in [6, 6.07) is 1.77. The maximum atomic E-state index is 6.00. The van der Waals surface area contributed by atoms with Crippen molar-refractivity contribution in [1.82, 2.24) is 25.1 Å². The Balaban J connectivity index is 1.51. The van der Waals surface area contributed by atoms with Crippen LogP contribution in [0.3, 0.4) is 0 Å². The van der Waals surface area contributed by atoms with Crippen molar-refractivity contribution < 1.29 is 0 Å². The van der Waals surface area contributed by atoms with E-state index in [4.69, 9.17) is 11.6 Å². The van der Waals surface area contributed by atoms with E-state index in [9.17, 15) is 0 Å². The minimum Gasteiger partial charge on any atom is -0.370 e. The molecule has 3 rings (SSSR count). The zero-order chi connectivity index (χ0) is 13.1. The van der Waals surface area contributed by atoms with Crippen LogP contribution in [0.5, 0.6) is 0 Å². The lowest BCUT2D eigenvalue weighted by Crippen LogP contribution is -2.07. The summed E-state index contributed by atoms with van der Waals surface area (Å²) in [5.41, 5.74) is 0. The summed E-state index contributed by atoms with van der Waals surface area (Å²) in [5, 5.41) is 10.4. The molecule has 0 spiro atoms. The molecule has 0 saturated heterocycles. The van der Waals surface area contributed by atoms with E-state index in [1.54, 1.807) is 6.07 Å². The Kier molecular flexibility index (Phi) is 3.59. The molecular formula is C12H15ClN6. The van der Waals surface area contributed by atoms with Crippen LogP contribution in [0.1, 0.15) is 36.8 Å². The average molecular weight is 279 g/mol. The predicted molar refractivity (Wildman–Crippen MR) is 72.2 cm³/mol. The van der Waals surface area contributed by atoms with Gasteiger partial charge in [0.15, 0.2) is 0 Å². The van der Waals surface area contributed by atoms with Gasteiger partial charge in [-0.3, -0.25) is 5.10 Å². The van der Waals surface area contributed by atoms with Gasteiger partial charge < -0.3 is 5.32 Å². The Morgan fingerprint density at radius 3 is 3.00 bits per heavy atom. The molecule has 0 radical (unpaired) electrons. The van der Waals surface area contributed by atoms with Gasteiger partial charge in [-0.05, 0) is 19.3 Å². The molecule has 1 fully saturated rings. The summed E-state index contributed by atoms with van der Waals surface area (Å²) in [4.78, 5) is 12.8. The van der Waals surface area contributed by atoms with Crippen LogP contribution in [-0.4, -0.2) is 31.7 Å². The van der Waals surface area contributed by atoms with Gasteiger partial charge in [-0.25, -0.2) is 15.0 Å². The first-order valence-corrected chi connectivity index (χ1v) is 6.81. The molecule has 0 aromatic carbocycles. The zero-order valence-electron chi connectivity index (χ0n) is 10.4. The van der Waals surface area contributed by atoms with E-state index in [1.165, 1.54) is 19.2 Å². The van der Waals surface area contributed by atoms with E-state index in [1.807, 2.05) is 0 Å². The maximum Gasteiger partial charge on any atom is 0.137 e. The van der Waals surface area contributed by atoms with Gasteiger partial charge >= 0.3 is 0 Å². The lowest BCUT2D eigenvalue weighted by Gasteiger charge is -2.07. The van der Waals surface area contributed by atoms with Crippen LogP contribution >= 0.6 is 11.6 Å². The lowest BCUT2D eigenvalue weighted by molar-refractivity contribution is 0.801. The van der Waals surface area contributed by atoms with Gasteiger partial charge in [0.25, 0.3) is 0 Å². The minimum absolute atomic E-state index is 0.508. The number of nitrogens with one attached hydrogen (secondary N) is 2. The number of aromatic amines is 1. The number of hydrogen-bond acceptors (Lipinski definition) is 5. The van der Waals surface area contributed by atoms with Gasteiger partial charge in [0.2, 0.25) is 0 Å². The van der Waals surface area contributed by atoms with Crippen molar-refractivity contribution in [2.24, 2.45) is 0 Å². The van der Waals surface area contributed by atoms with Gasteiger partial charge in [-0.2, -0.15) is 5.10 Å². The molecule has 7 heteroatoms. The van der Waals surface area contributed by atoms with E-state index in [2.05, 4.69) is 30.5 Å². The Bertz CT molecular complexity index is 537. The molecule has 0 aliphatic heterocycles. The summed E-state index contributed by atoms with van der Waals surface area (Å²) < 4.78 is 0. The molecule has 100 valence electrons. The largest absolute Gasteiger partial charge is 0.370 e. The molecule has 0 unspecified atom stereocenters. The lowest BCUT2D eigenvalue weighted by atomic mass is 10.3. The molecule has 6 nitrogen and oxygen atoms in total. The summed E-state index contributed by atoms with van der Waals surface area (Å²) in [6.07, 6.45) is 5.68. The highest BCUT2D eigenvalue weighted by atomic mass is 35.5. The second kappa shape index (κ2) is 5.52. The Hall–Kier alpha value is -1.69. The molecule has 0 atom stereocenters. The molecule has 1 aliphatic carbocycles. The molecular weight excluding hydrogens is 264 g/mol. The van der Waals surface area contributed by atoms with Crippen molar-refractivity contribution in [3.05, 3.63) is 29.2 Å². The number of nitrogens with zero attached hydrogens (tertiary/aromatic N) is 4.